The Morgan fingerprint density at radius 1 is 1.08 bits per heavy atom. The molecule has 0 aliphatic carbocycles. The van der Waals surface area contributed by atoms with Gasteiger partial charge in [-0.2, -0.15) is 0 Å². The molecule has 2 aromatic carbocycles. The molecule has 6 nitrogen and oxygen atoms in total. The first kappa shape index (κ1) is 17.5. The molecule has 0 fully saturated rings. The van der Waals surface area contributed by atoms with Crippen LogP contribution in [0.4, 0.5) is 0 Å². The van der Waals surface area contributed by atoms with Gasteiger partial charge in [0.15, 0.2) is 6.61 Å². The van der Waals surface area contributed by atoms with Crippen LogP contribution >= 0.6 is 0 Å². The number of ether oxygens (including phenoxy) is 4. The maximum Gasteiger partial charge on any atom is 0.337 e. The van der Waals surface area contributed by atoms with Crippen molar-refractivity contribution in [3.63, 3.8) is 0 Å². The number of Topliss-reactive ketones (excluding diaryl/α,β-unsaturated/α-hetero) is 1. The van der Waals surface area contributed by atoms with E-state index in [1.165, 1.54) is 14.2 Å². The van der Waals surface area contributed by atoms with Crippen LogP contribution in [0.25, 0.3) is 6.08 Å². The molecule has 134 valence electrons. The fourth-order valence-electron chi connectivity index (χ4n) is 2.56. The molecule has 3 rings (SSSR count). The van der Waals surface area contributed by atoms with Crippen LogP contribution in [0.5, 0.6) is 17.2 Å². The zero-order chi connectivity index (χ0) is 18.5. The SMILES string of the molecule is COc1ccc(C(=O)COC(=O)C2=Cc3ccccc3OC2)c(OC)c1. The molecule has 0 radical (unpaired) electrons. The maximum absolute atomic E-state index is 12.4. The van der Waals surface area contributed by atoms with Gasteiger partial charge in [0, 0.05) is 11.6 Å². The van der Waals surface area contributed by atoms with Gasteiger partial charge in [0.05, 0.1) is 25.4 Å². The van der Waals surface area contributed by atoms with Crippen molar-refractivity contribution in [2.75, 3.05) is 27.4 Å². The van der Waals surface area contributed by atoms with Crippen LogP contribution in [0.3, 0.4) is 0 Å². The monoisotopic (exact) mass is 354 g/mol. The summed E-state index contributed by atoms with van der Waals surface area (Å²) in [4.78, 5) is 24.6. The number of ketones is 1. The Kier molecular flexibility index (Phi) is 5.22. The fraction of sp³-hybridized carbons (Fsp3) is 0.200. The Morgan fingerprint density at radius 3 is 2.65 bits per heavy atom. The van der Waals surface area contributed by atoms with Crippen molar-refractivity contribution in [1.29, 1.82) is 0 Å². The van der Waals surface area contributed by atoms with E-state index in [-0.39, 0.29) is 19.0 Å². The predicted molar refractivity (Wildman–Crippen MR) is 94.7 cm³/mol. The highest BCUT2D eigenvalue weighted by atomic mass is 16.5. The molecule has 0 bridgehead atoms. The van der Waals surface area contributed by atoms with Gasteiger partial charge in [0.1, 0.15) is 23.9 Å². The van der Waals surface area contributed by atoms with Gasteiger partial charge in [-0.1, -0.05) is 18.2 Å². The van der Waals surface area contributed by atoms with E-state index >= 15 is 0 Å². The molecule has 0 spiro atoms. The average molecular weight is 354 g/mol. The zero-order valence-electron chi connectivity index (χ0n) is 14.5. The van der Waals surface area contributed by atoms with E-state index in [1.54, 1.807) is 24.3 Å². The summed E-state index contributed by atoms with van der Waals surface area (Å²) in [5.74, 6) is 0.692. The molecule has 0 unspecified atom stereocenters. The topological polar surface area (TPSA) is 71.1 Å². The van der Waals surface area contributed by atoms with E-state index in [0.29, 0.717) is 28.4 Å². The Morgan fingerprint density at radius 2 is 1.88 bits per heavy atom. The first-order chi connectivity index (χ1) is 12.6. The fourth-order valence-corrected chi connectivity index (χ4v) is 2.56. The van der Waals surface area contributed by atoms with Gasteiger partial charge in [-0.25, -0.2) is 4.79 Å². The predicted octanol–water partition coefficient (Wildman–Crippen LogP) is 2.91. The third-order valence-electron chi connectivity index (χ3n) is 3.94. The van der Waals surface area contributed by atoms with Crippen LogP contribution < -0.4 is 14.2 Å². The Balaban J connectivity index is 1.67. The van der Waals surface area contributed by atoms with Gasteiger partial charge >= 0.3 is 5.97 Å². The summed E-state index contributed by atoms with van der Waals surface area (Å²) in [6, 6.07) is 12.2. The molecular weight excluding hydrogens is 336 g/mol. The lowest BCUT2D eigenvalue weighted by Gasteiger charge is -2.17. The third kappa shape index (κ3) is 3.69. The van der Waals surface area contributed by atoms with Gasteiger partial charge in [-0.05, 0) is 24.3 Å². The van der Waals surface area contributed by atoms with Gasteiger partial charge < -0.3 is 18.9 Å². The van der Waals surface area contributed by atoms with Gasteiger partial charge in [-0.15, -0.1) is 0 Å². The second-order valence-corrected chi connectivity index (χ2v) is 5.56. The largest absolute Gasteiger partial charge is 0.497 e. The third-order valence-corrected chi connectivity index (χ3v) is 3.94. The van der Waals surface area contributed by atoms with Crippen LogP contribution in [0.2, 0.25) is 0 Å². The van der Waals surface area contributed by atoms with Gasteiger partial charge in [0.25, 0.3) is 0 Å². The van der Waals surface area contributed by atoms with Crippen molar-refractivity contribution in [3.8, 4) is 17.2 Å². The molecule has 1 heterocycles. The van der Waals surface area contributed by atoms with Gasteiger partial charge in [0.2, 0.25) is 5.78 Å². The highest BCUT2D eigenvalue weighted by Gasteiger charge is 2.20. The molecule has 0 saturated heterocycles. The molecule has 26 heavy (non-hydrogen) atoms. The summed E-state index contributed by atoms with van der Waals surface area (Å²) in [6.07, 6.45) is 1.71. The molecule has 6 heteroatoms. The number of para-hydroxylation sites is 1. The number of hydrogen-bond donors (Lipinski definition) is 0. The van der Waals surface area contributed by atoms with Crippen LogP contribution in [-0.4, -0.2) is 39.2 Å². The number of esters is 1. The highest BCUT2D eigenvalue weighted by molar-refractivity contribution is 6.02. The van der Waals surface area contributed by atoms with Crippen LogP contribution in [-0.2, 0) is 9.53 Å². The van der Waals surface area contributed by atoms with E-state index in [9.17, 15) is 9.59 Å². The summed E-state index contributed by atoms with van der Waals surface area (Å²) < 4.78 is 21.0. The lowest BCUT2D eigenvalue weighted by Crippen LogP contribution is -2.20. The smallest absolute Gasteiger partial charge is 0.337 e. The molecule has 0 saturated carbocycles. The Labute approximate surface area is 150 Å². The zero-order valence-corrected chi connectivity index (χ0v) is 14.5. The molecule has 0 N–H and O–H groups in total. The second kappa shape index (κ2) is 7.74. The number of hydrogen-bond acceptors (Lipinski definition) is 6. The van der Waals surface area contributed by atoms with E-state index in [2.05, 4.69) is 0 Å². The molecular formula is C20H18O6. The average Bonchev–Trinajstić information content (AvgIpc) is 2.70. The summed E-state index contributed by atoms with van der Waals surface area (Å²) in [6.45, 7) is -0.281. The van der Waals surface area contributed by atoms with Crippen LogP contribution in [0.15, 0.2) is 48.0 Å². The summed E-state index contributed by atoms with van der Waals surface area (Å²) in [5.41, 5.74) is 1.48. The number of rotatable bonds is 6. The summed E-state index contributed by atoms with van der Waals surface area (Å²) in [7, 11) is 2.98. The number of methoxy groups -OCH3 is 2. The Hall–Kier alpha value is -3.28. The molecule has 0 atom stereocenters. The normalized spacial score (nSPS) is 12.3. The minimum absolute atomic E-state index is 0.107. The van der Waals surface area contributed by atoms with Gasteiger partial charge in [-0.3, -0.25) is 4.79 Å². The van der Waals surface area contributed by atoms with Crippen molar-refractivity contribution >= 4 is 17.8 Å². The molecule has 0 aromatic heterocycles. The summed E-state index contributed by atoms with van der Waals surface area (Å²) in [5, 5.41) is 0. The van der Waals surface area contributed by atoms with E-state index < -0.39 is 5.97 Å². The number of carbonyl (C=O) groups is 2. The molecule has 2 aromatic rings. The van der Waals surface area contributed by atoms with E-state index in [4.69, 9.17) is 18.9 Å². The number of benzene rings is 2. The lowest BCUT2D eigenvalue weighted by molar-refractivity contribution is -0.138. The summed E-state index contributed by atoms with van der Waals surface area (Å²) >= 11 is 0. The van der Waals surface area contributed by atoms with Crippen LogP contribution in [0.1, 0.15) is 15.9 Å². The van der Waals surface area contributed by atoms with E-state index in [1.807, 2.05) is 24.3 Å². The van der Waals surface area contributed by atoms with Crippen molar-refractivity contribution in [1.82, 2.24) is 0 Å². The molecule has 0 amide bonds. The van der Waals surface area contributed by atoms with Crippen LogP contribution in [0, 0.1) is 0 Å². The second-order valence-electron chi connectivity index (χ2n) is 5.56. The van der Waals surface area contributed by atoms with E-state index in [0.717, 1.165) is 5.56 Å². The number of carbonyl (C=O) groups excluding carboxylic acids is 2. The minimum Gasteiger partial charge on any atom is -0.497 e. The molecule has 1 aliphatic rings. The minimum atomic E-state index is -0.583. The van der Waals surface area contributed by atoms with Crippen molar-refractivity contribution in [2.24, 2.45) is 0 Å². The maximum atomic E-state index is 12.4. The highest BCUT2D eigenvalue weighted by Crippen LogP contribution is 2.27. The van der Waals surface area contributed by atoms with Crippen molar-refractivity contribution in [2.45, 2.75) is 0 Å². The number of fused-ring (bicyclic) bond motifs is 1. The quantitative estimate of drug-likeness (QED) is 0.587. The first-order valence-electron chi connectivity index (χ1n) is 7.97. The molecule has 1 aliphatic heterocycles. The Bertz CT molecular complexity index is 868. The lowest BCUT2D eigenvalue weighted by atomic mass is 10.1. The first-order valence-corrected chi connectivity index (χ1v) is 7.97. The van der Waals surface area contributed by atoms with Crippen molar-refractivity contribution < 1.29 is 28.5 Å². The standard InChI is InChI=1S/C20H18O6/c1-23-15-7-8-16(19(10-15)24-2)17(21)12-26-20(22)14-9-13-5-3-4-6-18(13)25-11-14/h3-10H,11-12H2,1-2H3. The van der Waals surface area contributed by atoms with Crippen molar-refractivity contribution in [3.05, 3.63) is 59.2 Å².